The number of hydrogen-bond acceptors (Lipinski definition) is 3. The van der Waals surface area contributed by atoms with Gasteiger partial charge in [-0.1, -0.05) is 12.1 Å². The average molecular weight is 260 g/mol. The topological polar surface area (TPSA) is 55.1 Å². The largest absolute Gasteiger partial charge is 0.476 e. The molecule has 1 aromatic heterocycles. The SMILES string of the molecule is Cn1nc(C(=O)O)cc1-c1ccc2c(c1)SCC2. The molecular formula is C13H12N2O2S. The second kappa shape index (κ2) is 4.17. The Morgan fingerprint density at radius 1 is 1.44 bits per heavy atom. The first kappa shape index (κ1) is 11.3. The Morgan fingerprint density at radius 3 is 3.00 bits per heavy atom. The summed E-state index contributed by atoms with van der Waals surface area (Å²) in [6.45, 7) is 0. The Labute approximate surface area is 109 Å². The van der Waals surface area contributed by atoms with E-state index < -0.39 is 5.97 Å². The number of rotatable bonds is 2. The van der Waals surface area contributed by atoms with Crippen LogP contribution in [0, 0.1) is 0 Å². The summed E-state index contributed by atoms with van der Waals surface area (Å²) >= 11 is 1.85. The van der Waals surface area contributed by atoms with Crippen LogP contribution in [-0.2, 0) is 13.5 Å². The zero-order valence-electron chi connectivity index (χ0n) is 9.88. The number of hydrogen-bond donors (Lipinski definition) is 1. The maximum Gasteiger partial charge on any atom is 0.356 e. The van der Waals surface area contributed by atoms with Crippen LogP contribution in [0.3, 0.4) is 0 Å². The molecule has 0 saturated heterocycles. The predicted octanol–water partition coefficient (Wildman–Crippen LogP) is 2.43. The van der Waals surface area contributed by atoms with Gasteiger partial charge in [0, 0.05) is 23.3 Å². The van der Waals surface area contributed by atoms with E-state index in [1.165, 1.54) is 10.5 Å². The summed E-state index contributed by atoms with van der Waals surface area (Å²) in [6, 6.07) is 7.89. The molecule has 18 heavy (non-hydrogen) atoms. The van der Waals surface area contributed by atoms with Crippen molar-refractivity contribution in [3.05, 3.63) is 35.5 Å². The first-order valence-corrected chi connectivity index (χ1v) is 6.67. The molecule has 0 fully saturated rings. The molecule has 0 unspecified atom stereocenters. The molecule has 0 spiro atoms. The van der Waals surface area contributed by atoms with Crippen LogP contribution >= 0.6 is 11.8 Å². The molecule has 92 valence electrons. The lowest BCUT2D eigenvalue weighted by Crippen LogP contribution is -1.99. The molecule has 0 aliphatic carbocycles. The number of carboxylic acids is 1. The number of benzene rings is 1. The van der Waals surface area contributed by atoms with Crippen LogP contribution in [0.5, 0.6) is 0 Å². The molecule has 3 rings (SSSR count). The molecule has 5 heteroatoms. The molecule has 2 heterocycles. The molecule has 1 aliphatic heterocycles. The zero-order chi connectivity index (χ0) is 12.7. The van der Waals surface area contributed by atoms with Gasteiger partial charge in [-0.25, -0.2) is 4.79 Å². The fourth-order valence-electron chi connectivity index (χ4n) is 2.17. The lowest BCUT2D eigenvalue weighted by Gasteiger charge is -2.04. The fourth-order valence-corrected chi connectivity index (χ4v) is 3.28. The smallest absolute Gasteiger partial charge is 0.356 e. The van der Waals surface area contributed by atoms with Gasteiger partial charge in [0.1, 0.15) is 0 Å². The van der Waals surface area contributed by atoms with Crippen molar-refractivity contribution < 1.29 is 9.90 Å². The number of thioether (sulfide) groups is 1. The van der Waals surface area contributed by atoms with E-state index in [2.05, 4.69) is 17.2 Å². The molecule has 2 aromatic rings. The fraction of sp³-hybridized carbons (Fsp3) is 0.231. The van der Waals surface area contributed by atoms with Gasteiger partial charge in [0.25, 0.3) is 0 Å². The third kappa shape index (κ3) is 1.80. The van der Waals surface area contributed by atoms with Crippen LogP contribution in [0.15, 0.2) is 29.2 Å². The van der Waals surface area contributed by atoms with Crippen LogP contribution in [0.2, 0.25) is 0 Å². The quantitative estimate of drug-likeness (QED) is 0.901. The highest BCUT2D eigenvalue weighted by atomic mass is 32.2. The first-order chi connectivity index (χ1) is 8.65. The van der Waals surface area contributed by atoms with E-state index in [4.69, 9.17) is 5.11 Å². The number of aromatic carboxylic acids is 1. The number of carboxylic acid groups (broad SMARTS) is 1. The summed E-state index contributed by atoms with van der Waals surface area (Å²) in [4.78, 5) is 12.2. The van der Waals surface area contributed by atoms with Crippen molar-refractivity contribution in [3.63, 3.8) is 0 Å². The molecule has 4 nitrogen and oxygen atoms in total. The Balaban J connectivity index is 2.07. The van der Waals surface area contributed by atoms with Crippen LogP contribution in [-0.4, -0.2) is 26.6 Å². The van der Waals surface area contributed by atoms with Gasteiger partial charge in [0.05, 0.1) is 5.69 Å². The highest BCUT2D eigenvalue weighted by molar-refractivity contribution is 7.99. The molecule has 1 N–H and O–H groups in total. The molecule has 0 bridgehead atoms. The average Bonchev–Trinajstić information content (AvgIpc) is 2.93. The zero-order valence-corrected chi connectivity index (χ0v) is 10.7. The van der Waals surface area contributed by atoms with Crippen molar-refractivity contribution in [2.45, 2.75) is 11.3 Å². The molecule has 0 amide bonds. The summed E-state index contributed by atoms with van der Waals surface area (Å²) in [7, 11) is 1.77. The number of aromatic nitrogens is 2. The lowest BCUT2D eigenvalue weighted by molar-refractivity contribution is 0.0689. The van der Waals surface area contributed by atoms with Crippen LogP contribution in [0.25, 0.3) is 11.3 Å². The minimum Gasteiger partial charge on any atom is -0.476 e. The lowest BCUT2D eigenvalue weighted by atomic mass is 10.1. The van der Waals surface area contributed by atoms with E-state index in [-0.39, 0.29) is 5.69 Å². The van der Waals surface area contributed by atoms with Crippen LogP contribution in [0.4, 0.5) is 0 Å². The number of carbonyl (C=O) groups is 1. The van der Waals surface area contributed by atoms with Gasteiger partial charge in [0.2, 0.25) is 0 Å². The Kier molecular flexibility index (Phi) is 2.63. The van der Waals surface area contributed by atoms with Crippen molar-refractivity contribution in [2.24, 2.45) is 7.05 Å². The highest BCUT2D eigenvalue weighted by Gasteiger charge is 2.16. The van der Waals surface area contributed by atoms with Gasteiger partial charge in [-0.2, -0.15) is 5.10 Å². The standard InChI is InChI=1S/C13H12N2O2S/c1-15-11(7-10(14-15)13(16)17)9-3-2-8-4-5-18-12(8)6-9/h2-3,6-7H,4-5H2,1H3,(H,16,17). The van der Waals surface area contributed by atoms with Crippen molar-refractivity contribution in [1.82, 2.24) is 9.78 Å². The molecule has 0 radical (unpaired) electrons. The normalized spacial score (nSPS) is 13.6. The van der Waals surface area contributed by atoms with Gasteiger partial charge in [0.15, 0.2) is 5.69 Å². The summed E-state index contributed by atoms with van der Waals surface area (Å²) < 4.78 is 1.62. The molecule has 1 aromatic carbocycles. The van der Waals surface area contributed by atoms with E-state index in [1.807, 2.05) is 17.8 Å². The summed E-state index contributed by atoms with van der Waals surface area (Å²) in [5, 5.41) is 12.9. The van der Waals surface area contributed by atoms with Crippen molar-refractivity contribution in [2.75, 3.05) is 5.75 Å². The third-order valence-electron chi connectivity index (χ3n) is 3.09. The van der Waals surface area contributed by atoms with E-state index in [9.17, 15) is 4.79 Å². The maximum absolute atomic E-state index is 10.9. The van der Waals surface area contributed by atoms with Gasteiger partial charge in [-0.3, -0.25) is 4.68 Å². The van der Waals surface area contributed by atoms with Crippen molar-refractivity contribution in [3.8, 4) is 11.3 Å². The predicted molar refractivity (Wildman–Crippen MR) is 70.0 cm³/mol. The van der Waals surface area contributed by atoms with E-state index in [0.29, 0.717) is 0 Å². The number of nitrogens with zero attached hydrogens (tertiary/aromatic N) is 2. The van der Waals surface area contributed by atoms with Gasteiger partial charge in [-0.15, -0.1) is 11.8 Å². The maximum atomic E-state index is 10.9. The minimum absolute atomic E-state index is 0.0839. The Hall–Kier alpha value is -1.75. The summed E-state index contributed by atoms with van der Waals surface area (Å²) in [6.07, 6.45) is 1.12. The second-order valence-electron chi connectivity index (χ2n) is 4.26. The van der Waals surface area contributed by atoms with Gasteiger partial charge < -0.3 is 5.11 Å². The Morgan fingerprint density at radius 2 is 2.28 bits per heavy atom. The first-order valence-electron chi connectivity index (χ1n) is 5.68. The molecule has 0 atom stereocenters. The van der Waals surface area contributed by atoms with E-state index in [0.717, 1.165) is 23.4 Å². The van der Waals surface area contributed by atoms with Crippen LogP contribution < -0.4 is 0 Å². The minimum atomic E-state index is -0.993. The van der Waals surface area contributed by atoms with E-state index >= 15 is 0 Å². The van der Waals surface area contributed by atoms with Gasteiger partial charge >= 0.3 is 5.97 Å². The van der Waals surface area contributed by atoms with E-state index in [1.54, 1.807) is 17.8 Å². The van der Waals surface area contributed by atoms with Crippen molar-refractivity contribution >= 4 is 17.7 Å². The summed E-state index contributed by atoms with van der Waals surface area (Å²) in [5.74, 6) is 0.136. The number of aryl methyl sites for hydroxylation is 2. The number of fused-ring (bicyclic) bond motifs is 1. The summed E-state index contributed by atoms with van der Waals surface area (Å²) in [5.41, 5.74) is 3.32. The Bertz CT molecular complexity index is 634. The molecule has 0 saturated carbocycles. The van der Waals surface area contributed by atoms with Gasteiger partial charge in [-0.05, 0) is 24.1 Å². The molecular weight excluding hydrogens is 248 g/mol. The molecule has 1 aliphatic rings. The highest BCUT2D eigenvalue weighted by Crippen LogP contribution is 2.34. The van der Waals surface area contributed by atoms with Crippen molar-refractivity contribution in [1.29, 1.82) is 0 Å². The van der Waals surface area contributed by atoms with Crippen LogP contribution in [0.1, 0.15) is 16.1 Å². The second-order valence-corrected chi connectivity index (χ2v) is 5.40. The third-order valence-corrected chi connectivity index (χ3v) is 4.19. The monoisotopic (exact) mass is 260 g/mol.